The number of fused-ring (bicyclic) bond motifs is 3. The zero-order valence-electron chi connectivity index (χ0n) is 21.5. The van der Waals surface area contributed by atoms with Crippen molar-refractivity contribution in [1.29, 1.82) is 0 Å². The third-order valence-corrected chi connectivity index (χ3v) is 6.35. The smallest absolute Gasteiger partial charge is 0.412 e. The van der Waals surface area contributed by atoms with Crippen molar-refractivity contribution in [2.45, 2.75) is 52.2 Å². The largest absolute Gasteiger partial charge is 1.00 e. The quantitative estimate of drug-likeness (QED) is 0.344. The van der Waals surface area contributed by atoms with Crippen LogP contribution in [-0.2, 0) is 14.3 Å². The highest BCUT2D eigenvalue weighted by Crippen LogP contribution is 2.35. The van der Waals surface area contributed by atoms with Gasteiger partial charge in [-0.25, -0.2) is 4.79 Å². The number of nitrogens with zero attached hydrogens (tertiary/aromatic N) is 1. The van der Waals surface area contributed by atoms with Gasteiger partial charge in [-0.05, 0) is 32.9 Å². The number of Topliss-reactive ketones (excluding diaryl/α,β-unsaturated/α-hetero) is 1. The van der Waals surface area contributed by atoms with Gasteiger partial charge in [0.05, 0.1) is 13.1 Å². The molecule has 0 spiro atoms. The van der Waals surface area contributed by atoms with Gasteiger partial charge in [-0.2, -0.15) is 0 Å². The third-order valence-electron chi connectivity index (χ3n) is 6.35. The van der Waals surface area contributed by atoms with Crippen LogP contribution in [0.1, 0.15) is 50.9 Å². The molecule has 3 fully saturated rings. The van der Waals surface area contributed by atoms with E-state index in [4.69, 9.17) is 9.47 Å². The van der Waals surface area contributed by atoms with Crippen LogP contribution >= 0.6 is 0 Å². The summed E-state index contributed by atoms with van der Waals surface area (Å²) >= 11 is 0. The highest BCUT2D eigenvalue weighted by atomic mass is 79.9. The minimum absolute atomic E-state index is 0. The molecule has 3 saturated heterocycles. The van der Waals surface area contributed by atoms with E-state index in [2.05, 4.69) is 5.32 Å². The molecule has 5 rings (SSSR count). The van der Waals surface area contributed by atoms with Crippen LogP contribution in [-0.4, -0.2) is 60.2 Å². The Morgan fingerprint density at radius 1 is 0.944 bits per heavy atom. The molecule has 1 atom stereocenters. The fourth-order valence-electron chi connectivity index (χ4n) is 4.75. The van der Waals surface area contributed by atoms with Crippen LogP contribution in [0.3, 0.4) is 0 Å². The van der Waals surface area contributed by atoms with Crippen LogP contribution < -0.4 is 22.3 Å². The lowest BCUT2D eigenvalue weighted by molar-refractivity contribution is -0.938. The van der Waals surface area contributed by atoms with Crippen LogP contribution in [0.4, 0.5) is 10.5 Å². The zero-order chi connectivity index (χ0) is 25.5. The molecule has 0 aromatic heterocycles. The summed E-state index contributed by atoms with van der Waals surface area (Å²) in [6.07, 6.45) is 1.68. The summed E-state index contributed by atoms with van der Waals surface area (Å²) in [5, 5.41) is 2.64. The molecule has 3 aliphatic rings. The van der Waals surface area contributed by atoms with Crippen LogP contribution in [0.15, 0.2) is 60.7 Å². The molecule has 36 heavy (non-hydrogen) atoms. The van der Waals surface area contributed by atoms with Crippen molar-refractivity contribution in [2.75, 3.05) is 31.5 Å². The lowest BCUT2D eigenvalue weighted by atomic mass is 9.83. The summed E-state index contributed by atoms with van der Waals surface area (Å²) in [4.78, 5) is 35.0. The van der Waals surface area contributed by atoms with Gasteiger partial charge in [-0.15, -0.1) is 0 Å². The summed E-state index contributed by atoms with van der Waals surface area (Å²) in [6.45, 7) is 10.3. The van der Waals surface area contributed by atoms with E-state index in [-0.39, 0.29) is 34.8 Å². The van der Waals surface area contributed by atoms with Crippen LogP contribution in [0.2, 0.25) is 0 Å². The van der Waals surface area contributed by atoms with Gasteiger partial charge in [0.2, 0.25) is 5.78 Å². The zero-order valence-corrected chi connectivity index (χ0v) is 23.1. The van der Waals surface area contributed by atoms with Crippen molar-refractivity contribution in [3.63, 3.8) is 0 Å². The molecule has 1 N–H and O–H groups in total. The van der Waals surface area contributed by atoms with Gasteiger partial charge in [-0.3, -0.25) is 14.9 Å². The lowest BCUT2D eigenvalue weighted by Crippen LogP contribution is -3.00. The number of ketones is 1. The van der Waals surface area contributed by atoms with Gasteiger partial charge in [0.15, 0.2) is 6.10 Å². The van der Waals surface area contributed by atoms with Crippen molar-refractivity contribution in [3.05, 3.63) is 66.2 Å². The van der Waals surface area contributed by atoms with Crippen molar-refractivity contribution in [1.82, 2.24) is 0 Å². The molecule has 1 amide bonds. The Kier molecular flexibility index (Phi) is 10.7. The second-order valence-corrected chi connectivity index (χ2v) is 10.4. The van der Waals surface area contributed by atoms with Gasteiger partial charge in [0.25, 0.3) is 0 Å². The highest BCUT2D eigenvalue weighted by molar-refractivity contribution is 5.97. The maximum Gasteiger partial charge on any atom is 0.412 e. The monoisotopic (exact) mass is 560 g/mol. The van der Waals surface area contributed by atoms with Crippen LogP contribution in [0.5, 0.6) is 0 Å². The Morgan fingerprint density at radius 2 is 1.50 bits per heavy atom. The number of esters is 1. The first kappa shape index (κ1) is 29.5. The first-order chi connectivity index (χ1) is 16.6. The number of quaternary nitrogens is 1. The number of nitrogens with one attached hydrogen (secondary N) is 1. The van der Waals surface area contributed by atoms with Crippen molar-refractivity contribution in [3.8, 4) is 0 Å². The predicted molar refractivity (Wildman–Crippen MR) is 135 cm³/mol. The Hall–Kier alpha value is -2.71. The van der Waals surface area contributed by atoms with Gasteiger partial charge >= 0.3 is 12.1 Å². The average molecular weight is 562 g/mol. The Balaban J connectivity index is 0.000000268. The number of rotatable bonds is 5. The number of carbonyl (C=O) groups is 3. The van der Waals surface area contributed by atoms with E-state index in [9.17, 15) is 14.4 Å². The van der Waals surface area contributed by atoms with Gasteiger partial charge < -0.3 is 30.9 Å². The number of hydrogen-bond acceptors (Lipinski definition) is 5. The number of carbonyl (C=O) groups excluding carboxylic acids is 3. The van der Waals surface area contributed by atoms with Crippen molar-refractivity contribution < 1.29 is 45.3 Å². The Labute approximate surface area is 224 Å². The topological polar surface area (TPSA) is 81.7 Å². The van der Waals surface area contributed by atoms with Crippen molar-refractivity contribution >= 4 is 23.5 Å². The molecule has 8 heteroatoms. The number of ether oxygens (including phenoxy) is 2. The molecule has 2 aromatic carbocycles. The third kappa shape index (κ3) is 9.06. The van der Waals surface area contributed by atoms with Gasteiger partial charge in [-0.1, -0.05) is 48.5 Å². The predicted octanol–water partition coefficient (Wildman–Crippen LogP) is 2.08. The number of piperidine rings is 3. The molecular formula is C28H37BrN2O5. The minimum Gasteiger partial charge on any atom is -1.00 e. The molecule has 7 nitrogen and oxygen atoms in total. The van der Waals surface area contributed by atoms with E-state index in [0.29, 0.717) is 12.5 Å². The first-order valence-electron chi connectivity index (χ1n) is 12.2. The normalized spacial score (nSPS) is 22.2. The number of para-hydroxylation sites is 1. The fraction of sp³-hybridized carbons (Fsp3) is 0.464. The summed E-state index contributed by atoms with van der Waals surface area (Å²) in [7, 11) is 0. The Bertz CT molecular complexity index is 1000. The minimum atomic E-state index is -0.459. The molecule has 196 valence electrons. The molecule has 0 aliphatic carbocycles. The maximum atomic E-state index is 12.5. The molecule has 0 radical (unpaired) electrons. The van der Waals surface area contributed by atoms with Crippen molar-refractivity contribution in [2.24, 2.45) is 5.92 Å². The highest BCUT2D eigenvalue weighted by Gasteiger charge is 2.48. The molecule has 2 aromatic rings. The van der Waals surface area contributed by atoms with Crippen LogP contribution in [0, 0.1) is 5.92 Å². The van der Waals surface area contributed by atoms with Crippen LogP contribution in [0.25, 0.3) is 0 Å². The maximum absolute atomic E-state index is 12.5. The number of anilines is 1. The molecule has 1 unspecified atom stereocenters. The van der Waals surface area contributed by atoms with Gasteiger partial charge in [0, 0.05) is 36.9 Å². The number of amides is 1. The fourth-order valence-corrected chi connectivity index (χ4v) is 4.75. The molecule has 3 heterocycles. The second kappa shape index (κ2) is 13.0. The summed E-state index contributed by atoms with van der Waals surface area (Å²) in [5.74, 6) is 0.472. The molecule has 0 saturated carbocycles. The van der Waals surface area contributed by atoms with E-state index >= 15 is 0 Å². The Morgan fingerprint density at radius 3 is 2.03 bits per heavy atom. The summed E-state index contributed by atoms with van der Waals surface area (Å²) < 4.78 is 11.3. The number of halogens is 1. The molecule has 3 aliphatic heterocycles. The van der Waals surface area contributed by atoms with Gasteiger partial charge in [0.1, 0.15) is 18.7 Å². The second-order valence-electron chi connectivity index (χ2n) is 10.4. The number of benzene rings is 2. The van der Waals surface area contributed by atoms with E-state index in [1.165, 1.54) is 6.92 Å². The summed E-state index contributed by atoms with van der Waals surface area (Å²) in [5.41, 5.74) is 1.06. The van der Waals surface area contributed by atoms with E-state index in [1.54, 1.807) is 0 Å². The van der Waals surface area contributed by atoms with E-state index < -0.39 is 11.7 Å². The number of hydrogen-bond donors (Lipinski definition) is 1. The standard InChI is InChI=1S/C17H22NO3.C11H15NO2.BrH/c1-13(19)21-17-12-18(9-7-15(17)8-10-18)11-16(20)14-5-3-2-4-6-14;1-11(2,3)14-10(13)12-9-7-5-4-6-8-9;/h2-6,15,17H,7-12H2,1H3;4-8H,1-3H3,(H,12,13);1H/q+1;;/p-1. The van der Waals surface area contributed by atoms with E-state index in [0.717, 1.165) is 48.2 Å². The van der Waals surface area contributed by atoms with E-state index in [1.807, 2.05) is 81.4 Å². The molecule has 2 bridgehead atoms. The lowest BCUT2D eigenvalue weighted by Gasteiger charge is -2.51. The first-order valence-corrected chi connectivity index (χ1v) is 12.2. The molecular weight excluding hydrogens is 524 g/mol. The SMILES string of the molecule is CC(=O)OC1C[N+]2(CC(=O)c3ccccc3)CCC1CC2.CC(C)(C)OC(=O)Nc1ccccc1.[Br-]. The summed E-state index contributed by atoms with van der Waals surface area (Å²) in [6, 6.07) is 18.7. The average Bonchev–Trinajstić information content (AvgIpc) is 2.79.